The van der Waals surface area contributed by atoms with Gasteiger partial charge in [-0.15, -0.1) is 0 Å². The van der Waals surface area contributed by atoms with Gasteiger partial charge in [0, 0.05) is 34.0 Å². The summed E-state index contributed by atoms with van der Waals surface area (Å²) in [6.45, 7) is 0.380. The zero-order valence-corrected chi connectivity index (χ0v) is 16.2. The van der Waals surface area contributed by atoms with Crippen molar-refractivity contribution in [3.8, 4) is 22.6 Å². The van der Waals surface area contributed by atoms with Crippen LogP contribution in [-0.2, 0) is 11.0 Å². The first-order valence-electron chi connectivity index (χ1n) is 7.85. The molecule has 2 aromatic carbocycles. The summed E-state index contributed by atoms with van der Waals surface area (Å²) in [4.78, 5) is 4.19. The summed E-state index contributed by atoms with van der Waals surface area (Å²) in [5, 5.41) is 0. The molecule has 134 valence electrons. The number of aromatic nitrogens is 1. The molecule has 0 saturated carbocycles. The molecule has 26 heavy (non-hydrogen) atoms. The number of nitrogens with zero attached hydrogens (tertiary/aromatic N) is 1. The minimum Gasteiger partial charge on any atom is -0.496 e. The Labute approximate surface area is 164 Å². The third kappa shape index (κ3) is 4.30. The maximum absolute atomic E-state index is 13.5. The van der Waals surface area contributed by atoms with Crippen LogP contribution in [0.25, 0.3) is 11.1 Å². The van der Waals surface area contributed by atoms with Gasteiger partial charge in [-0.05, 0) is 41.5 Å². The lowest BCUT2D eigenvalue weighted by Gasteiger charge is -2.12. The average Bonchev–Trinajstić information content (AvgIpc) is 2.68. The summed E-state index contributed by atoms with van der Waals surface area (Å²) in [6, 6.07) is 11.1. The molecule has 0 aliphatic rings. The van der Waals surface area contributed by atoms with Crippen LogP contribution >= 0.6 is 22.6 Å². The Morgan fingerprint density at radius 1 is 0.962 bits per heavy atom. The van der Waals surface area contributed by atoms with Gasteiger partial charge in [-0.2, -0.15) is 0 Å². The Morgan fingerprint density at radius 2 is 1.77 bits per heavy atom. The molecule has 3 rings (SSSR count). The molecule has 1 heterocycles. The number of ether oxygens (including phenoxy) is 2. The second-order valence-electron chi connectivity index (χ2n) is 5.61. The highest BCUT2D eigenvalue weighted by Gasteiger charge is 2.11. The largest absolute Gasteiger partial charge is 0.496 e. The van der Waals surface area contributed by atoms with Crippen molar-refractivity contribution in [2.24, 2.45) is 0 Å². The van der Waals surface area contributed by atoms with Gasteiger partial charge in [0.15, 0.2) is 11.6 Å². The molecule has 0 saturated heterocycles. The van der Waals surface area contributed by atoms with Crippen LogP contribution in [-0.4, -0.2) is 12.1 Å². The summed E-state index contributed by atoms with van der Waals surface area (Å²) in [5.41, 5.74) is 3.30. The second kappa shape index (κ2) is 8.44. The fraction of sp³-hybridized carbons (Fsp3) is 0.150. The molecule has 6 heteroatoms. The van der Waals surface area contributed by atoms with Crippen LogP contribution < -0.4 is 9.47 Å². The summed E-state index contributed by atoms with van der Waals surface area (Å²) < 4.78 is 38.7. The van der Waals surface area contributed by atoms with Crippen molar-refractivity contribution in [3.63, 3.8) is 0 Å². The van der Waals surface area contributed by atoms with Crippen molar-refractivity contribution < 1.29 is 18.3 Å². The first-order chi connectivity index (χ1) is 12.6. The highest BCUT2D eigenvalue weighted by molar-refractivity contribution is 14.1. The molecule has 0 bridgehead atoms. The number of methoxy groups -OCH3 is 1. The van der Waals surface area contributed by atoms with Crippen LogP contribution in [0.4, 0.5) is 8.78 Å². The van der Waals surface area contributed by atoms with Gasteiger partial charge in [-0.1, -0.05) is 28.7 Å². The van der Waals surface area contributed by atoms with E-state index in [0.29, 0.717) is 29.2 Å². The molecule has 0 N–H and O–H groups in total. The molecule has 3 nitrogen and oxygen atoms in total. The normalized spacial score (nSPS) is 10.6. The summed E-state index contributed by atoms with van der Waals surface area (Å²) in [6.07, 6.45) is 3.60. The van der Waals surface area contributed by atoms with E-state index < -0.39 is 11.6 Å². The molecular weight excluding hydrogens is 451 g/mol. The zero-order chi connectivity index (χ0) is 18.5. The van der Waals surface area contributed by atoms with Gasteiger partial charge < -0.3 is 9.47 Å². The minimum absolute atomic E-state index is 0.380. The van der Waals surface area contributed by atoms with E-state index in [-0.39, 0.29) is 0 Å². The van der Waals surface area contributed by atoms with Gasteiger partial charge in [-0.3, -0.25) is 4.98 Å². The van der Waals surface area contributed by atoms with E-state index in [0.717, 1.165) is 27.7 Å². The van der Waals surface area contributed by atoms with E-state index in [1.54, 1.807) is 24.4 Å². The van der Waals surface area contributed by atoms with Crippen LogP contribution in [0.1, 0.15) is 11.1 Å². The topological polar surface area (TPSA) is 31.4 Å². The van der Waals surface area contributed by atoms with Crippen molar-refractivity contribution in [1.82, 2.24) is 4.98 Å². The average molecular weight is 467 g/mol. The van der Waals surface area contributed by atoms with E-state index in [4.69, 9.17) is 9.47 Å². The van der Waals surface area contributed by atoms with E-state index in [2.05, 4.69) is 27.6 Å². The highest BCUT2D eigenvalue weighted by atomic mass is 127. The van der Waals surface area contributed by atoms with Gasteiger partial charge >= 0.3 is 0 Å². The Hall–Kier alpha value is -2.22. The number of benzene rings is 2. The molecule has 0 amide bonds. The van der Waals surface area contributed by atoms with E-state index in [9.17, 15) is 8.78 Å². The summed E-state index contributed by atoms with van der Waals surface area (Å²) >= 11 is 2.29. The number of hydrogen-bond acceptors (Lipinski definition) is 3. The maximum Gasteiger partial charge on any atom is 0.159 e. The van der Waals surface area contributed by atoms with Gasteiger partial charge in [0.25, 0.3) is 0 Å². The lowest BCUT2D eigenvalue weighted by molar-refractivity contribution is 0.303. The predicted octanol–water partition coefficient (Wildman–Crippen LogP) is 5.55. The monoisotopic (exact) mass is 467 g/mol. The molecular formula is C20H16F2INO2. The third-order valence-electron chi connectivity index (χ3n) is 3.81. The fourth-order valence-corrected chi connectivity index (χ4v) is 2.94. The highest BCUT2D eigenvalue weighted by Crippen LogP contribution is 2.34. The second-order valence-corrected chi connectivity index (χ2v) is 6.38. The Kier molecular flexibility index (Phi) is 6.03. The maximum atomic E-state index is 13.5. The lowest BCUT2D eigenvalue weighted by atomic mass is 10.0. The van der Waals surface area contributed by atoms with Gasteiger partial charge in [0.2, 0.25) is 0 Å². The molecule has 3 aromatic rings. The van der Waals surface area contributed by atoms with Gasteiger partial charge in [0.1, 0.15) is 18.1 Å². The van der Waals surface area contributed by atoms with Crippen LogP contribution in [0.5, 0.6) is 11.5 Å². The van der Waals surface area contributed by atoms with Crippen LogP contribution in [0.2, 0.25) is 0 Å². The molecule has 0 atom stereocenters. The lowest BCUT2D eigenvalue weighted by Crippen LogP contribution is -1.98. The van der Waals surface area contributed by atoms with Crippen molar-refractivity contribution in [2.75, 3.05) is 7.11 Å². The molecule has 0 aliphatic heterocycles. The first-order valence-corrected chi connectivity index (χ1v) is 9.38. The Balaban J connectivity index is 1.80. The third-order valence-corrected chi connectivity index (χ3v) is 4.70. The van der Waals surface area contributed by atoms with Gasteiger partial charge in [0.05, 0.1) is 7.11 Å². The number of rotatable bonds is 6. The van der Waals surface area contributed by atoms with E-state index >= 15 is 0 Å². The van der Waals surface area contributed by atoms with Crippen molar-refractivity contribution in [2.45, 2.75) is 11.0 Å². The Morgan fingerprint density at radius 3 is 2.50 bits per heavy atom. The predicted molar refractivity (Wildman–Crippen MR) is 105 cm³/mol. The van der Waals surface area contributed by atoms with Crippen LogP contribution in [0, 0.1) is 11.6 Å². The van der Waals surface area contributed by atoms with Gasteiger partial charge in [-0.25, -0.2) is 8.78 Å². The summed E-state index contributed by atoms with van der Waals surface area (Å²) in [7, 11) is 1.52. The number of halogens is 3. The van der Waals surface area contributed by atoms with E-state index in [1.165, 1.54) is 13.2 Å². The SMILES string of the molecule is COc1cc(OCc2cncc(CI)c2)ccc1-c1ccc(F)c(F)c1. The fourth-order valence-electron chi connectivity index (χ4n) is 2.52. The minimum atomic E-state index is -0.896. The molecule has 0 radical (unpaired) electrons. The number of pyridine rings is 1. The summed E-state index contributed by atoms with van der Waals surface area (Å²) in [5.74, 6) is -0.636. The number of alkyl halides is 1. The van der Waals surface area contributed by atoms with Crippen molar-refractivity contribution in [3.05, 3.63) is 77.6 Å². The molecule has 0 spiro atoms. The molecule has 0 unspecified atom stereocenters. The molecule has 0 aliphatic carbocycles. The zero-order valence-electron chi connectivity index (χ0n) is 14.0. The van der Waals surface area contributed by atoms with Crippen molar-refractivity contribution >= 4 is 22.6 Å². The Bertz CT molecular complexity index is 918. The quantitative estimate of drug-likeness (QED) is 0.352. The molecule has 0 fully saturated rings. The number of hydrogen-bond donors (Lipinski definition) is 0. The van der Waals surface area contributed by atoms with Crippen molar-refractivity contribution in [1.29, 1.82) is 0 Å². The smallest absolute Gasteiger partial charge is 0.159 e. The first kappa shape index (κ1) is 18.6. The van der Waals surface area contributed by atoms with Crippen LogP contribution in [0.3, 0.4) is 0 Å². The van der Waals surface area contributed by atoms with E-state index in [1.807, 2.05) is 12.3 Å². The molecule has 1 aromatic heterocycles. The van der Waals surface area contributed by atoms with Crippen LogP contribution in [0.15, 0.2) is 54.9 Å². The standard InChI is InChI=1S/C20H16F2INO2/c1-25-20-8-16(26-12-14-6-13(9-23)10-24-11-14)3-4-17(20)15-2-5-18(21)19(22)7-15/h2-8,10-11H,9,12H2,1H3.